The molecule has 0 atom stereocenters. The molecular weight excluding hydrogens is 1500 g/mol. The Morgan fingerprint density at radius 3 is 0.280 bits per heavy atom. The molecule has 5 spiro atoms. The van der Waals surface area contributed by atoms with Crippen molar-refractivity contribution in [3.63, 3.8) is 0 Å². The summed E-state index contributed by atoms with van der Waals surface area (Å²) in [5, 5.41) is 0. The summed E-state index contributed by atoms with van der Waals surface area (Å²) in [5.41, 5.74) is 59.3. The van der Waals surface area contributed by atoms with E-state index in [0.29, 0.717) is 0 Å². The molecule has 125 heavy (non-hydrogen) atoms. The summed E-state index contributed by atoms with van der Waals surface area (Å²) < 4.78 is 0. The van der Waals surface area contributed by atoms with Gasteiger partial charge in [0.2, 0.25) is 0 Å². The van der Waals surface area contributed by atoms with E-state index in [0.717, 1.165) is 0 Å². The molecule has 0 radical (unpaired) electrons. The third-order valence-electron chi connectivity index (χ3n) is 31.1. The van der Waals surface area contributed by atoms with Gasteiger partial charge in [-0.25, -0.2) is 0 Å². The zero-order valence-electron chi connectivity index (χ0n) is 68.2. The van der Waals surface area contributed by atoms with E-state index < -0.39 is 16.2 Å². The van der Waals surface area contributed by atoms with E-state index >= 15 is 0 Å². The van der Waals surface area contributed by atoms with E-state index in [1.54, 1.807) is 0 Å². The van der Waals surface area contributed by atoms with E-state index in [9.17, 15) is 0 Å². The van der Waals surface area contributed by atoms with Crippen LogP contribution in [0.4, 0.5) is 0 Å². The van der Waals surface area contributed by atoms with Crippen molar-refractivity contribution in [2.75, 3.05) is 0 Å². The van der Waals surface area contributed by atoms with Gasteiger partial charge in [0.05, 0.1) is 27.1 Å². The molecule has 0 aromatic heterocycles. The minimum atomic E-state index is -0.529. The predicted octanol–water partition coefficient (Wildman–Crippen LogP) is 30.1. The van der Waals surface area contributed by atoms with Crippen LogP contribution in [-0.4, -0.2) is 0 Å². The van der Waals surface area contributed by atoms with Crippen LogP contribution in [0.2, 0.25) is 0 Å². The van der Waals surface area contributed by atoms with Crippen molar-refractivity contribution < 1.29 is 0 Å². The molecule has 20 aromatic rings. The Balaban J connectivity index is 0.000000135. The van der Waals surface area contributed by atoms with Crippen molar-refractivity contribution in [3.8, 4) is 145 Å². The van der Waals surface area contributed by atoms with Crippen molar-refractivity contribution in [2.45, 2.75) is 27.1 Å². The summed E-state index contributed by atoms with van der Waals surface area (Å²) in [6, 6.07) is 172. The lowest BCUT2D eigenvalue weighted by Gasteiger charge is -2.32. The summed E-state index contributed by atoms with van der Waals surface area (Å²) >= 11 is 0. The molecule has 0 saturated carbocycles. The molecule has 20 aromatic carbocycles. The maximum absolute atomic E-state index is 2.56. The van der Waals surface area contributed by atoms with Crippen LogP contribution >= 0.6 is 0 Å². The normalized spacial score (nSPS) is 15.2. The predicted molar refractivity (Wildman–Crippen MR) is 511 cm³/mol. The fourth-order valence-corrected chi connectivity index (χ4v) is 26.6. The Bertz CT molecular complexity index is 7530. The highest BCUT2D eigenvalue weighted by Gasteiger charge is 2.58. The molecule has 10 aliphatic rings. The van der Waals surface area contributed by atoms with E-state index in [1.807, 2.05) is 0 Å². The lowest BCUT2D eigenvalue weighted by atomic mass is 9.69. The number of hydrogen-bond acceptors (Lipinski definition) is 0. The summed E-state index contributed by atoms with van der Waals surface area (Å²) in [7, 11) is 0. The first-order valence-electron chi connectivity index (χ1n) is 44.3. The van der Waals surface area contributed by atoms with Crippen molar-refractivity contribution >= 4 is 0 Å². The largest absolute Gasteiger partial charge is 0.0725 e. The number of fused-ring (bicyclic) bond motifs is 50. The average molecular weight is 1580 g/mol. The zero-order valence-corrected chi connectivity index (χ0v) is 68.2. The number of rotatable bonds is 3. The molecule has 30 rings (SSSR count). The third kappa shape index (κ3) is 8.13. The Morgan fingerprint density at radius 1 is 0.0800 bits per heavy atom. The Labute approximate surface area is 726 Å². The molecule has 0 N–H and O–H groups in total. The van der Waals surface area contributed by atoms with Crippen LogP contribution in [0, 0.1) is 0 Å². The van der Waals surface area contributed by atoms with Crippen LogP contribution in [-0.2, 0) is 27.1 Å². The van der Waals surface area contributed by atoms with E-state index in [-0.39, 0.29) is 10.8 Å². The van der Waals surface area contributed by atoms with Gasteiger partial charge in [-0.15, -0.1) is 0 Å². The number of benzene rings is 20. The first-order chi connectivity index (χ1) is 62.0. The van der Waals surface area contributed by atoms with Crippen LogP contribution in [0.1, 0.15) is 111 Å². The van der Waals surface area contributed by atoms with Gasteiger partial charge in [-0.05, 0) is 292 Å². The summed E-state index contributed by atoms with van der Waals surface area (Å²) in [5.74, 6) is 0. The van der Waals surface area contributed by atoms with Gasteiger partial charge >= 0.3 is 0 Å². The highest BCUT2D eigenvalue weighted by atomic mass is 14.6. The summed E-state index contributed by atoms with van der Waals surface area (Å²) in [6.45, 7) is 0. The van der Waals surface area contributed by atoms with Crippen molar-refractivity contribution in [3.05, 3.63) is 560 Å². The van der Waals surface area contributed by atoms with Crippen molar-refractivity contribution in [1.82, 2.24) is 0 Å². The van der Waals surface area contributed by atoms with Gasteiger partial charge in [0.1, 0.15) is 0 Å². The van der Waals surface area contributed by atoms with E-state index in [2.05, 4.69) is 449 Å². The second-order valence-corrected chi connectivity index (χ2v) is 36.0. The monoisotopic (exact) mass is 1570 g/mol. The molecule has 0 fully saturated rings. The Morgan fingerprint density at radius 2 is 0.168 bits per heavy atom. The smallest absolute Gasteiger partial charge is 0.0619 e. The first-order valence-corrected chi connectivity index (χ1v) is 44.3. The van der Waals surface area contributed by atoms with Crippen LogP contribution < -0.4 is 0 Å². The minimum absolute atomic E-state index is 0.355. The fourth-order valence-electron chi connectivity index (χ4n) is 26.6. The third-order valence-corrected chi connectivity index (χ3v) is 31.1. The van der Waals surface area contributed by atoms with Crippen LogP contribution in [0.15, 0.2) is 449 Å². The Hall–Kier alpha value is -15.6. The SMILES string of the molecule is c1ccc2c(c1)-c1ccccc1C21c2ccccc2-c2ccc(-c3ccc4c(c3)C3(c5ccccc5-c5ccccc53)c3cc(-c5ccc6c(c5)C5(c7ccccc7-c7ccccc75)c5ccccc5-6)ccc3-4)cc21.c1ccc2c(c1)-c1ccccc1C21c2ccccc2-c2ccc(-c3ccc4c(c3)C3(c5ccccc5-c5ccccc53)c3ccccc3-4)cc21. The highest BCUT2D eigenvalue weighted by molar-refractivity contribution is 6.04. The van der Waals surface area contributed by atoms with Crippen molar-refractivity contribution in [2.24, 2.45) is 0 Å². The lowest BCUT2D eigenvalue weighted by Crippen LogP contribution is -2.26. The van der Waals surface area contributed by atoms with E-state index in [4.69, 9.17) is 0 Å². The van der Waals surface area contributed by atoms with Gasteiger partial charge in [-0.1, -0.05) is 413 Å². The topological polar surface area (TPSA) is 0 Å². The van der Waals surface area contributed by atoms with Crippen LogP contribution in [0.25, 0.3) is 145 Å². The van der Waals surface area contributed by atoms with Gasteiger partial charge in [-0.2, -0.15) is 0 Å². The molecule has 574 valence electrons. The molecule has 0 amide bonds. The highest BCUT2D eigenvalue weighted by Crippen LogP contribution is 2.70. The second-order valence-electron chi connectivity index (χ2n) is 36.0. The zero-order chi connectivity index (χ0) is 81.4. The molecule has 0 aliphatic heterocycles. The van der Waals surface area contributed by atoms with Crippen LogP contribution in [0.5, 0.6) is 0 Å². The first kappa shape index (κ1) is 68.1. The van der Waals surface area contributed by atoms with Gasteiger partial charge in [0, 0.05) is 0 Å². The molecule has 10 aliphatic carbocycles. The maximum Gasteiger partial charge on any atom is 0.0725 e. The fraction of sp³-hybridized carbons (Fsp3) is 0.0400. The quantitative estimate of drug-likeness (QED) is 0.165. The molecule has 0 saturated heterocycles. The molecule has 0 bridgehead atoms. The van der Waals surface area contributed by atoms with E-state index in [1.165, 1.54) is 256 Å². The van der Waals surface area contributed by atoms with Crippen LogP contribution in [0.3, 0.4) is 0 Å². The number of hydrogen-bond donors (Lipinski definition) is 0. The molecular formula is C125H74. The second kappa shape index (κ2) is 24.4. The van der Waals surface area contributed by atoms with Crippen molar-refractivity contribution in [1.29, 1.82) is 0 Å². The molecule has 0 unspecified atom stereocenters. The molecule has 0 heterocycles. The standard InChI is InChI=1S/C75H44.C50H30/c1-9-25-61-49(17-1)50-18-2-10-26-62(50)73(61)65-29-13-7-23-55(65)57-37-33-45(41-69(57)73)47-35-39-59-60-40-36-48(44-72(60)75(71(59)43-47)67-31-15-5-21-53(67)54-22-6-16-32-68(54)75)46-34-38-58-56-24-8-14-30-66(56)74(70(58)42-46)63-27-11-3-19-51(63)52-20-4-12-28-64(52)74;1-7-19-41-33(13-1)34-14-2-8-20-42(34)49(41)45-23-11-5-17-37(45)39-27-25-31(29-47(39)49)32-26-28-40-38-18-6-12-24-46(38)50(48(40)30-32)43-21-9-3-15-35(43)36-16-4-10-22-44(36)50/h1-44H;1-30H. The summed E-state index contributed by atoms with van der Waals surface area (Å²) in [6.07, 6.45) is 0. The summed E-state index contributed by atoms with van der Waals surface area (Å²) in [4.78, 5) is 0. The molecule has 0 heteroatoms. The van der Waals surface area contributed by atoms with Gasteiger partial charge in [0.25, 0.3) is 0 Å². The average Bonchev–Trinajstić information content (AvgIpc) is 1.52. The Kier molecular flexibility index (Phi) is 13.3. The lowest BCUT2D eigenvalue weighted by molar-refractivity contribution is 0.792. The minimum Gasteiger partial charge on any atom is -0.0619 e. The van der Waals surface area contributed by atoms with Gasteiger partial charge < -0.3 is 0 Å². The maximum atomic E-state index is 2.56. The van der Waals surface area contributed by atoms with Gasteiger partial charge in [-0.3, -0.25) is 0 Å². The van der Waals surface area contributed by atoms with Gasteiger partial charge in [0.15, 0.2) is 0 Å². The molecule has 0 nitrogen and oxygen atoms in total.